The highest BCUT2D eigenvalue weighted by atomic mass is 16.6. The summed E-state index contributed by atoms with van der Waals surface area (Å²) >= 11 is 0. The molecule has 1 aromatic heterocycles. The number of aliphatic hydroxyl groups is 2. The number of esters is 1. The number of nitrogens with one attached hydrogen (secondary N) is 4. The van der Waals surface area contributed by atoms with E-state index in [1.54, 1.807) is 66.7 Å². The van der Waals surface area contributed by atoms with Crippen molar-refractivity contribution < 1.29 is 44.3 Å². The molecular weight excluding hydrogens is 855 g/mol. The number of ether oxygens (including phenoxy) is 2. The van der Waals surface area contributed by atoms with Gasteiger partial charge in [-0.25, -0.2) is 4.79 Å². The number of phenols is 2. The van der Waals surface area contributed by atoms with Gasteiger partial charge in [0, 0.05) is 59.9 Å². The fourth-order valence-electron chi connectivity index (χ4n) is 8.74. The van der Waals surface area contributed by atoms with E-state index in [1.165, 1.54) is 35.9 Å². The van der Waals surface area contributed by atoms with Crippen molar-refractivity contribution >= 4 is 28.7 Å². The van der Waals surface area contributed by atoms with Crippen molar-refractivity contribution in [3.05, 3.63) is 171 Å². The summed E-state index contributed by atoms with van der Waals surface area (Å²) in [6.07, 6.45) is 1.75. The molecule has 5 aromatic carbocycles. The number of carbonyl (C=O) groups is 3. The number of benzene rings is 5. The largest absolute Gasteiger partial charge is 0.508 e. The summed E-state index contributed by atoms with van der Waals surface area (Å²) in [5.74, 6) is -1.29. The summed E-state index contributed by atoms with van der Waals surface area (Å²) in [6, 6.07) is 35.4. The van der Waals surface area contributed by atoms with Crippen molar-refractivity contribution in [1.82, 2.24) is 25.8 Å². The molecule has 348 valence electrons. The van der Waals surface area contributed by atoms with Crippen LogP contribution in [0.25, 0.3) is 10.9 Å². The highest BCUT2D eigenvalue weighted by Gasteiger charge is 2.42. The van der Waals surface area contributed by atoms with Crippen LogP contribution >= 0.6 is 0 Å². The van der Waals surface area contributed by atoms with Gasteiger partial charge in [-0.05, 0) is 97.8 Å². The Morgan fingerprint density at radius 2 is 1.51 bits per heavy atom. The van der Waals surface area contributed by atoms with Crippen LogP contribution in [0, 0.1) is 5.92 Å². The van der Waals surface area contributed by atoms with Crippen LogP contribution in [-0.4, -0.2) is 93.0 Å². The zero-order valence-corrected chi connectivity index (χ0v) is 36.9. The van der Waals surface area contributed by atoms with Crippen LogP contribution in [0.3, 0.4) is 0 Å². The van der Waals surface area contributed by atoms with Crippen molar-refractivity contribution in [2.24, 2.45) is 5.92 Å². The second kappa shape index (κ2) is 21.1. The normalized spacial score (nSPS) is 17.7. The maximum absolute atomic E-state index is 13.8. The standard InChI is InChI=1S/C52H55N5O10/c58-44-18-16-42(43-17-19-47(61)56-49(43)44)46(60)29-53-28-36-15-14-35(24-45(36)59)50(63)55-40-26-39(27-40)54-48(62)32-66-41-13-7-12-38(25-41)52(65,37-10-5-2-6-11-37)51(64)67-31-34-20-22-57(23-21-34)30-33-8-3-1-4-9-33/h1-19,24-25,34,39-40,46,53,58-60,65H,20-23,26-32H2,(H,54,62)(H,55,63)(H,56,61)/t39?,40?,46-,52-/m0/s1. The zero-order chi connectivity index (χ0) is 46.9. The van der Waals surface area contributed by atoms with E-state index >= 15 is 0 Å². The number of aliphatic hydroxyl groups excluding tert-OH is 1. The van der Waals surface area contributed by atoms with E-state index in [0.717, 1.165) is 32.5 Å². The zero-order valence-electron chi connectivity index (χ0n) is 36.9. The summed E-state index contributed by atoms with van der Waals surface area (Å²) in [5.41, 5.74) is 0.863. The van der Waals surface area contributed by atoms with Crippen LogP contribution in [-0.2, 0) is 33.0 Å². The molecular formula is C52H55N5O10. The number of piperidine rings is 1. The van der Waals surface area contributed by atoms with Gasteiger partial charge in [0.2, 0.25) is 11.2 Å². The maximum Gasteiger partial charge on any atom is 0.347 e. The number of aromatic amines is 1. The number of aromatic hydroxyl groups is 2. The Morgan fingerprint density at radius 1 is 0.791 bits per heavy atom. The van der Waals surface area contributed by atoms with Crippen molar-refractivity contribution in [3.63, 3.8) is 0 Å². The SMILES string of the molecule is O=C(COc1cccc([C@](O)(C(=O)OCC2CCN(Cc3ccccc3)CC2)c2ccccc2)c1)NC1CC(NC(=O)c2ccc(CNC[C@H](O)c3ccc(O)c4[nH]c(=O)ccc34)c(O)c2)C1. The third-order valence-electron chi connectivity index (χ3n) is 12.6. The average molecular weight is 910 g/mol. The first-order valence-electron chi connectivity index (χ1n) is 22.5. The molecule has 2 amide bonds. The first-order valence-corrected chi connectivity index (χ1v) is 22.5. The summed E-state index contributed by atoms with van der Waals surface area (Å²) < 4.78 is 11.7. The van der Waals surface area contributed by atoms with E-state index in [4.69, 9.17) is 9.47 Å². The number of H-pyrrole nitrogens is 1. The fourth-order valence-corrected chi connectivity index (χ4v) is 8.74. The first kappa shape index (κ1) is 46.5. The lowest BCUT2D eigenvalue weighted by molar-refractivity contribution is -0.164. The van der Waals surface area contributed by atoms with Gasteiger partial charge in [0.15, 0.2) is 6.61 Å². The molecule has 0 radical (unpaired) electrons. The minimum absolute atomic E-state index is 0.0994. The summed E-state index contributed by atoms with van der Waals surface area (Å²) in [4.78, 5) is 56.5. The second-order valence-corrected chi connectivity index (χ2v) is 17.4. The lowest BCUT2D eigenvalue weighted by atomic mass is 9.86. The van der Waals surface area contributed by atoms with Crippen molar-refractivity contribution in [1.29, 1.82) is 0 Å². The number of aromatic nitrogens is 1. The highest BCUT2D eigenvalue weighted by Crippen LogP contribution is 2.34. The van der Waals surface area contributed by atoms with Crippen LogP contribution in [0.5, 0.6) is 17.2 Å². The Balaban J connectivity index is 0.773. The van der Waals surface area contributed by atoms with Crippen LogP contribution < -0.4 is 26.2 Å². The van der Waals surface area contributed by atoms with Gasteiger partial charge >= 0.3 is 5.97 Å². The number of rotatable bonds is 18. The van der Waals surface area contributed by atoms with Crippen LogP contribution in [0.2, 0.25) is 0 Å². The number of phenolic OH excluding ortho intramolecular Hbond substituents is 2. The number of fused-ring (bicyclic) bond motifs is 1. The molecule has 0 spiro atoms. The summed E-state index contributed by atoms with van der Waals surface area (Å²) in [6.45, 7) is 2.82. The van der Waals surface area contributed by atoms with Crippen LogP contribution in [0.15, 0.2) is 132 Å². The van der Waals surface area contributed by atoms with E-state index in [1.807, 2.05) is 18.2 Å². The van der Waals surface area contributed by atoms with Gasteiger partial charge in [0.1, 0.15) is 17.2 Å². The topological polar surface area (TPSA) is 223 Å². The summed E-state index contributed by atoms with van der Waals surface area (Å²) in [5, 5.41) is 53.3. The molecule has 6 aromatic rings. The molecule has 1 saturated heterocycles. The van der Waals surface area contributed by atoms with Gasteiger partial charge in [0.05, 0.1) is 18.2 Å². The first-order chi connectivity index (χ1) is 32.4. The molecule has 8 rings (SSSR count). The van der Waals surface area contributed by atoms with Crippen LogP contribution in [0.1, 0.15) is 70.0 Å². The van der Waals surface area contributed by atoms with Gasteiger partial charge in [0.25, 0.3) is 11.8 Å². The Kier molecular flexibility index (Phi) is 14.6. The van der Waals surface area contributed by atoms with E-state index in [0.29, 0.717) is 34.9 Å². The van der Waals surface area contributed by atoms with Gasteiger partial charge < -0.3 is 50.8 Å². The predicted molar refractivity (Wildman–Crippen MR) is 250 cm³/mol. The lowest BCUT2D eigenvalue weighted by Crippen LogP contribution is -2.54. The van der Waals surface area contributed by atoms with Crippen LogP contribution in [0.4, 0.5) is 0 Å². The van der Waals surface area contributed by atoms with E-state index in [9.17, 15) is 39.6 Å². The lowest BCUT2D eigenvalue weighted by Gasteiger charge is -2.36. The minimum Gasteiger partial charge on any atom is -0.508 e. The highest BCUT2D eigenvalue weighted by molar-refractivity contribution is 5.95. The molecule has 15 nitrogen and oxygen atoms in total. The monoisotopic (exact) mass is 909 g/mol. The van der Waals surface area contributed by atoms with Crippen molar-refractivity contribution in [2.45, 2.75) is 62.6 Å². The van der Waals surface area contributed by atoms with E-state index < -0.39 is 17.7 Å². The Hall–Kier alpha value is -7.04. The molecule has 1 aliphatic heterocycles. The fraction of sp³-hybridized carbons (Fsp3) is 0.308. The number of nitrogens with zero attached hydrogens (tertiary/aromatic N) is 1. The predicted octanol–water partition coefficient (Wildman–Crippen LogP) is 4.91. The molecule has 2 heterocycles. The van der Waals surface area contributed by atoms with Crippen molar-refractivity contribution in [2.75, 3.05) is 32.8 Å². The van der Waals surface area contributed by atoms with Gasteiger partial charge in [-0.1, -0.05) is 84.9 Å². The third-order valence-corrected chi connectivity index (χ3v) is 12.6. The Labute approximate surface area is 387 Å². The maximum atomic E-state index is 13.8. The third kappa shape index (κ3) is 11.3. The molecule has 67 heavy (non-hydrogen) atoms. The molecule has 2 aliphatic rings. The van der Waals surface area contributed by atoms with E-state index in [-0.39, 0.29) is 95.6 Å². The molecule has 1 aliphatic carbocycles. The molecule has 15 heteroatoms. The number of carbonyl (C=O) groups excluding carboxylic acids is 3. The Bertz CT molecular complexity index is 2740. The molecule has 0 bridgehead atoms. The minimum atomic E-state index is -2.12. The second-order valence-electron chi connectivity index (χ2n) is 17.4. The molecule has 8 N–H and O–H groups in total. The number of pyridine rings is 1. The average Bonchev–Trinajstić information content (AvgIpc) is 3.33. The number of hydrogen-bond donors (Lipinski definition) is 8. The van der Waals surface area contributed by atoms with E-state index in [2.05, 4.69) is 38.0 Å². The number of likely N-dealkylation sites (tertiary alicyclic amines) is 1. The molecule has 0 unspecified atom stereocenters. The number of hydrogen-bond acceptors (Lipinski definition) is 12. The molecule has 2 fully saturated rings. The molecule has 2 atom stereocenters. The van der Waals surface area contributed by atoms with Crippen molar-refractivity contribution in [3.8, 4) is 17.2 Å². The summed E-state index contributed by atoms with van der Waals surface area (Å²) in [7, 11) is 0. The van der Waals surface area contributed by atoms with Gasteiger partial charge in [-0.2, -0.15) is 0 Å². The van der Waals surface area contributed by atoms with Gasteiger partial charge in [-0.3, -0.25) is 19.3 Å². The quantitative estimate of drug-likeness (QED) is 0.0540. The molecule has 1 saturated carbocycles. The smallest absolute Gasteiger partial charge is 0.347 e. The number of amides is 2. The van der Waals surface area contributed by atoms with Gasteiger partial charge in [-0.15, -0.1) is 0 Å². The Morgan fingerprint density at radius 3 is 2.25 bits per heavy atom.